The molecule has 0 saturated carbocycles. The summed E-state index contributed by atoms with van der Waals surface area (Å²) in [5.41, 5.74) is 9.67. The van der Waals surface area contributed by atoms with Crippen molar-refractivity contribution in [2.75, 3.05) is 26.4 Å². The van der Waals surface area contributed by atoms with E-state index in [1.807, 2.05) is 36.7 Å². The number of amides is 4. The van der Waals surface area contributed by atoms with E-state index in [0.717, 1.165) is 60.2 Å². The molecule has 2 aromatic rings. The van der Waals surface area contributed by atoms with Crippen molar-refractivity contribution in [1.82, 2.24) is 20.5 Å². The number of carbonyl (C=O) groups is 4. The molecule has 1 aliphatic heterocycles. The predicted molar refractivity (Wildman–Crippen MR) is 189 cm³/mol. The third-order valence-corrected chi connectivity index (χ3v) is 9.41. The van der Waals surface area contributed by atoms with E-state index in [9.17, 15) is 24.3 Å². The highest BCUT2D eigenvalue weighted by Gasteiger charge is 2.44. The van der Waals surface area contributed by atoms with E-state index in [2.05, 4.69) is 28.2 Å². The number of nitrogens with one attached hydrogen (secondary N) is 2. The standard InChI is InChI=1S/C34H51N5O7S2/c1-23-29(48-22-37-23)25-14-12-24(13-15-25)20-36-31(42)27-19-26(40)21-39(27)32(43)30(34(2,3)47)38-28(41)11-7-6-9-17-45-16-8-4-5-10-18-46-33(35)44/h12-15,22,26-27,30,40,47H,4-11,16-21H2,1-3H3,(H2,35,44)(H,36,42)(H,38,41)/t26-,27+,30?/m1/s1. The van der Waals surface area contributed by atoms with Gasteiger partial charge in [0, 0.05) is 43.9 Å². The molecular formula is C34H51N5O7S2. The van der Waals surface area contributed by atoms with Gasteiger partial charge in [-0.1, -0.05) is 37.1 Å². The number of ether oxygens (including phenoxy) is 2. The summed E-state index contributed by atoms with van der Waals surface area (Å²) < 4.78 is 9.45. The fraction of sp³-hybridized carbons (Fsp3) is 0.618. The summed E-state index contributed by atoms with van der Waals surface area (Å²) in [5.74, 6) is -1.08. The molecule has 12 nitrogen and oxygen atoms in total. The van der Waals surface area contributed by atoms with Gasteiger partial charge in [0.1, 0.15) is 12.1 Å². The highest BCUT2D eigenvalue weighted by Crippen LogP contribution is 2.28. The Balaban J connectivity index is 1.41. The summed E-state index contributed by atoms with van der Waals surface area (Å²) in [7, 11) is 0. The number of benzene rings is 1. The molecule has 1 aromatic carbocycles. The number of aliphatic hydroxyl groups is 1. The Bertz CT molecular complexity index is 1330. The molecule has 1 aromatic heterocycles. The van der Waals surface area contributed by atoms with E-state index in [1.165, 1.54) is 4.90 Å². The number of nitrogens with two attached hydrogens (primary N) is 1. The number of likely N-dealkylation sites (tertiary alicyclic amines) is 1. The van der Waals surface area contributed by atoms with Gasteiger partial charge in [-0.15, -0.1) is 11.3 Å². The van der Waals surface area contributed by atoms with Crippen molar-refractivity contribution in [3.63, 3.8) is 0 Å². The van der Waals surface area contributed by atoms with E-state index in [0.29, 0.717) is 26.2 Å². The number of β-amino-alcohol motifs (C(OH)–C–C–N with tert-alkyl or cyclic N) is 1. The number of hydrogen-bond donors (Lipinski definition) is 5. The van der Waals surface area contributed by atoms with Crippen LogP contribution >= 0.6 is 24.0 Å². The van der Waals surface area contributed by atoms with E-state index in [-0.39, 0.29) is 37.7 Å². The van der Waals surface area contributed by atoms with Gasteiger partial charge in [-0.3, -0.25) is 14.4 Å². The molecule has 0 aliphatic carbocycles. The first-order valence-electron chi connectivity index (χ1n) is 16.6. The number of carbonyl (C=O) groups excluding carboxylic acids is 4. The SMILES string of the molecule is Cc1ncsc1-c1ccc(CNC(=O)[C@@H]2C[C@@H](O)CN2C(=O)C(NC(=O)CCCCCOCCCCCCOC(N)=O)C(C)(C)S)cc1. The first-order valence-corrected chi connectivity index (χ1v) is 18.0. The van der Waals surface area contributed by atoms with Crippen LogP contribution in [0, 0.1) is 6.92 Å². The normalized spacial score (nSPS) is 16.8. The van der Waals surface area contributed by atoms with Crippen LogP contribution in [0.15, 0.2) is 29.8 Å². The van der Waals surface area contributed by atoms with Crippen molar-refractivity contribution < 1.29 is 33.8 Å². The Hall–Kier alpha value is -3.20. The van der Waals surface area contributed by atoms with E-state index in [1.54, 1.807) is 25.2 Å². The summed E-state index contributed by atoms with van der Waals surface area (Å²) in [6.07, 6.45) is 4.64. The van der Waals surface area contributed by atoms with Gasteiger partial charge in [-0.05, 0) is 64.0 Å². The number of rotatable bonds is 20. The summed E-state index contributed by atoms with van der Waals surface area (Å²) >= 11 is 6.19. The third-order valence-electron chi connectivity index (χ3n) is 8.17. The molecule has 2 heterocycles. The monoisotopic (exact) mass is 705 g/mol. The van der Waals surface area contributed by atoms with Gasteiger partial charge in [0.2, 0.25) is 17.7 Å². The third kappa shape index (κ3) is 13.0. The summed E-state index contributed by atoms with van der Waals surface area (Å²) in [4.78, 5) is 57.2. The average Bonchev–Trinajstić information content (AvgIpc) is 3.65. The van der Waals surface area contributed by atoms with Gasteiger partial charge in [0.25, 0.3) is 0 Å². The van der Waals surface area contributed by atoms with Crippen LogP contribution < -0.4 is 16.4 Å². The number of hydrogen-bond acceptors (Lipinski definition) is 10. The molecule has 1 saturated heterocycles. The highest BCUT2D eigenvalue weighted by molar-refractivity contribution is 7.81. The number of unbranched alkanes of at least 4 members (excludes halogenated alkanes) is 5. The minimum absolute atomic E-state index is 0.000243. The quantitative estimate of drug-likeness (QED) is 0.101. The van der Waals surface area contributed by atoms with Crippen LogP contribution in [-0.4, -0.2) is 88.1 Å². The summed E-state index contributed by atoms with van der Waals surface area (Å²) in [6, 6.07) is 6.03. The van der Waals surface area contributed by atoms with Crippen molar-refractivity contribution in [1.29, 1.82) is 0 Å². The minimum Gasteiger partial charge on any atom is -0.450 e. The molecule has 0 spiro atoms. The average molecular weight is 706 g/mol. The number of thiol groups is 1. The molecule has 266 valence electrons. The molecule has 0 radical (unpaired) electrons. The largest absolute Gasteiger partial charge is 0.450 e. The molecule has 4 amide bonds. The second kappa shape index (κ2) is 19.7. The Morgan fingerprint density at radius 1 is 1.06 bits per heavy atom. The molecule has 1 unspecified atom stereocenters. The van der Waals surface area contributed by atoms with Crippen molar-refractivity contribution >= 4 is 47.8 Å². The van der Waals surface area contributed by atoms with Crippen molar-refractivity contribution in [2.45, 2.75) is 108 Å². The smallest absolute Gasteiger partial charge is 0.404 e. The topological polar surface area (TPSA) is 173 Å². The van der Waals surface area contributed by atoms with Gasteiger partial charge in [-0.2, -0.15) is 12.6 Å². The van der Waals surface area contributed by atoms with Gasteiger partial charge < -0.3 is 35.8 Å². The van der Waals surface area contributed by atoms with Crippen LogP contribution in [0.5, 0.6) is 0 Å². The fourth-order valence-corrected chi connectivity index (χ4v) is 6.49. The zero-order valence-corrected chi connectivity index (χ0v) is 30.0. The maximum Gasteiger partial charge on any atom is 0.404 e. The maximum absolute atomic E-state index is 13.8. The minimum atomic E-state index is -0.984. The Labute approximate surface area is 292 Å². The second-order valence-corrected chi connectivity index (χ2v) is 14.7. The zero-order valence-electron chi connectivity index (χ0n) is 28.2. The number of aromatic nitrogens is 1. The molecule has 3 atom stereocenters. The van der Waals surface area contributed by atoms with E-state index in [4.69, 9.17) is 15.2 Å². The van der Waals surface area contributed by atoms with Crippen LogP contribution in [0.4, 0.5) is 4.79 Å². The molecule has 1 fully saturated rings. The van der Waals surface area contributed by atoms with E-state index >= 15 is 0 Å². The molecule has 0 bridgehead atoms. The van der Waals surface area contributed by atoms with Gasteiger partial charge in [0.15, 0.2) is 0 Å². The molecule has 48 heavy (non-hydrogen) atoms. The molecular weight excluding hydrogens is 655 g/mol. The lowest BCUT2D eigenvalue weighted by Crippen LogP contribution is -2.59. The highest BCUT2D eigenvalue weighted by atomic mass is 32.1. The van der Waals surface area contributed by atoms with E-state index < -0.39 is 34.9 Å². The Morgan fingerprint density at radius 2 is 1.71 bits per heavy atom. The van der Waals surface area contributed by atoms with Crippen molar-refractivity contribution in [3.05, 3.63) is 41.0 Å². The summed E-state index contributed by atoms with van der Waals surface area (Å²) in [6.45, 7) is 7.32. The van der Waals surface area contributed by atoms with Crippen LogP contribution in [0.25, 0.3) is 10.4 Å². The number of primary amides is 1. The zero-order chi connectivity index (χ0) is 35.1. The number of aliphatic hydroxyl groups excluding tert-OH is 1. The van der Waals surface area contributed by atoms with Crippen molar-refractivity contribution in [2.24, 2.45) is 5.73 Å². The number of thiazole rings is 1. The lowest BCUT2D eigenvalue weighted by molar-refractivity contribution is -0.142. The summed E-state index contributed by atoms with van der Waals surface area (Å²) in [5, 5.41) is 16.2. The first-order chi connectivity index (χ1) is 22.9. The number of nitrogens with zero attached hydrogens (tertiary/aromatic N) is 2. The second-order valence-electron chi connectivity index (χ2n) is 12.7. The van der Waals surface area contributed by atoms with Gasteiger partial charge in [-0.25, -0.2) is 9.78 Å². The Kier molecular flexibility index (Phi) is 16.1. The maximum atomic E-state index is 13.8. The molecule has 1 aliphatic rings. The Morgan fingerprint density at radius 3 is 2.31 bits per heavy atom. The fourth-order valence-electron chi connectivity index (χ4n) is 5.51. The molecule has 3 rings (SSSR count). The van der Waals surface area contributed by atoms with Crippen LogP contribution in [0.2, 0.25) is 0 Å². The van der Waals surface area contributed by atoms with Gasteiger partial charge >= 0.3 is 6.09 Å². The van der Waals surface area contributed by atoms with Crippen LogP contribution in [0.3, 0.4) is 0 Å². The lowest BCUT2D eigenvalue weighted by atomic mass is 10.00. The predicted octanol–water partition coefficient (Wildman–Crippen LogP) is 4.12. The van der Waals surface area contributed by atoms with Gasteiger partial charge in [0.05, 0.1) is 28.8 Å². The van der Waals surface area contributed by atoms with Crippen LogP contribution in [0.1, 0.15) is 82.9 Å². The lowest BCUT2D eigenvalue weighted by Gasteiger charge is -2.34. The van der Waals surface area contributed by atoms with Crippen molar-refractivity contribution in [3.8, 4) is 10.4 Å². The number of aryl methyl sites for hydroxylation is 1. The first kappa shape index (κ1) is 39.2. The molecule has 5 N–H and O–H groups in total. The molecule has 14 heteroatoms. The van der Waals surface area contributed by atoms with Crippen LogP contribution in [-0.2, 0) is 30.4 Å².